The summed E-state index contributed by atoms with van der Waals surface area (Å²) in [5.74, 6) is 0.843. The van der Waals surface area contributed by atoms with Crippen molar-refractivity contribution in [3.8, 4) is 5.75 Å². The smallest absolute Gasteiger partial charge is 0.167 e. The van der Waals surface area contributed by atoms with E-state index in [4.69, 9.17) is 10.5 Å². The molecule has 1 aromatic carbocycles. The van der Waals surface area contributed by atoms with Crippen molar-refractivity contribution in [3.63, 3.8) is 0 Å². The fourth-order valence-corrected chi connectivity index (χ4v) is 2.62. The van der Waals surface area contributed by atoms with E-state index < -0.39 is 0 Å². The van der Waals surface area contributed by atoms with Crippen molar-refractivity contribution < 1.29 is 9.53 Å². The van der Waals surface area contributed by atoms with Crippen LogP contribution in [-0.4, -0.2) is 18.4 Å². The first-order valence-electron chi connectivity index (χ1n) is 7.05. The van der Waals surface area contributed by atoms with Crippen molar-refractivity contribution in [2.75, 3.05) is 6.54 Å². The van der Waals surface area contributed by atoms with Crippen LogP contribution in [0.4, 0.5) is 0 Å². The lowest BCUT2D eigenvalue weighted by atomic mass is 9.65. The minimum Gasteiger partial charge on any atom is -0.490 e. The molecule has 1 fully saturated rings. The highest BCUT2D eigenvalue weighted by Gasteiger charge is 2.38. The van der Waals surface area contributed by atoms with Crippen molar-refractivity contribution in [2.24, 2.45) is 11.1 Å². The number of para-hydroxylation sites is 1. The lowest BCUT2D eigenvalue weighted by Gasteiger charge is -2.40. The quantitative estimate of drug-likeness (QED) is 0.800. The molecule has 0 aromatic heterocycles. The van der Waals surface area contributed by atoms with Crippen LogP contribution in [0.15, 0.2) is 24.3 Å². The lowest BCUT2D eigenvalue weighted by Crippen LogP contribution is -2.39. The summed E-state index contributed by atoms with van der Waals surface area (Å²) in [5.41, 5.74) is 6.56. The van der Waals surface area contributed by atoms with Gasteiger partial charge in [0.2, 0.25) is 0 Å². The molecule has 0 saturated heterocycles. The molecule has 19 heavy (non-hydrogen) atoms. The van der Waals surface area contributed by atoms with E-state index in [9.17, 15) is 4.79 Å². The van der Waals surface area contributed by atoms with Crippen LogP contribution in [0.3, 0.4) is 0 Å². The number of nitrogens with two attached hydrogens (primary N) is 1. The third-order valence-electron chi connectivity index (χ3n) is 3.93. The van der Waals surface area contributed by atoms with E-state index in [1.54, 1.807) is 0 Å². The lowest BCUT2D eigenvalue weighted by molar-refractivity contribution is 0.0781. The number of rotatable bonds is 6. The monoisotopic (exact) mass is 261 g/mol. The number of hydrogen-bond acceptors (Lipinski definition) is 3. The second kappa shape index (κ2) is 5.74. The van der Waals surface area contributed by atoms with Gasteiger partial charge in [-0.05, 0) is 50.8 Å². The summed E-state index contributed by atoms with van der Waals surface area (Å²) in [5, 5.41) is 0. The second-order valence-electron chi connectivity index (χ2n) is 5.82. The van der Waals surface area contributed by atoms with E-state index in [0.717, 1.165) is 12.8 Å². The molecule has 0 atom stereocenters. The maximum Gasteiger partial charge on any atom is 0.167 e. The molecule has 1 aliphatic rings. The van der Waals surface area contributed by atoms with E-state index in [1.165, 1.54) is 6.42 Å². The topological polar surface area (TPSA) is 52.3 Å². The third kappa shape index (κ3) is 3.16. The highest BCUT2D eigenvalue weighted by Crippen LogP contribution is 2.44. The Morgan fingerprint density at radius 1 is 1.37 bits per heavy atom. The van der Waals surface area contributed by atoms with Crippen LogP contribution in [0, 0.1) is 5.41 Å². The molecule has 1 aliphatic carbocycles. The van der Waals surface area contributed by atoms with Crippen molar-refractivity contribution >= 4 is 5.78 Å². The Balaban J connectivity index is 2.14. The molecule has 3 nitrogen and oxygen atoms in total. The Hall–Kier alpha value is -1.35. The van der Waals surface area contributed by atoms with Gasteiger partial charge in [0.1, 0.15) is 5.75 Å². The van der Waals surface area contributed by atoms with Crippen molar-refractivity contribution in [1.82, 2.24) is 0 Å². The van der Waals surface area contributed by atoms with E-state index in [0.29, 0.717) is 24.3 Å². The Morgan fingerprint density at radius 2 is 2.05 bits per heavy atom. The van der Waals surface area contributed by atoms with Crippen molar-refractivity contribution in [1.29, 1.82) is 0 Å². The molecule has 1 saturated carbocycles. The van der Waals surface area contributed by atoms with Crippen LogP contribution < -0.4 is 10.5 Å². The van der Waals surface area contributed by atoms with Gasteiger partial charge in [-0.1, -0.05) is 18.6 Å². The van der Waals surface area contributed by atoms with Gasteiger partial charge in [-0.2, -0.15) is 0 Å². The van der Waals surface area contributed by atoms with Crippen LogP contribution in [0.25, 0.3) is 0 Å². The first-order chi connectivity index (χ1) is 9.06. The van der Waals surface area contributed by atoms with Gasteiger partial charge < -0.3 is 10.5 Å². The van der Waals surface area contributed by atoms with E-state index in [2.05, 4.69) is 0 Å². The summed E-state index contributed by atoms with van der Waals surface area (Å²) in [6.45, 7) is 4.54. The van der Waals surface area contributed by atoms with Gasteiger partial charge in [-0.15, -0.1) is 0 Å². The van der Waals surface area contributed by atoms with Gasteiger partial charge in [0, 0.05) is 6.42 Å². The maximum atomic E-state index is 12.5. The largest absolute Gasteiger partial charge is 0.490 e. The van der Waals surface area contributed by atoms with E-state index >= 15 is 0 Å². The second-order valence-corrected chi connectivity index (χ2v) is 5.82. The summed E-state index contributed by atoms with van der Waals surface area (Å²) in [4.78, 5) is 12.5. The maximum absolute atomic E-state index is 12.5. The summed E-state index contributed by atoms with van der Waals surface area (Å²) in [6.07, 6.45) is 3.95. The number of ether oxygens (including phenoxy) is 1. The van der Waals surface area contributed by atoms with Crippen LogP contribution in [0.2, 0.25) is 0 Å². The molecular weight excluding hydrogens is 238 g/mol. The normalized spacial score (nSPS) is 17.1. The van der Waals surface area contributed by atoms with E-state index in [-0.39, 0.29) is 17.3 Å². The van der Waals surface area contributed by atoms with Gasteiger partial charge in [0.05, 0.1) is 11.7 Å². The van der Waals surface area contributed by atoms with E-state index in [1.807, 2.05) is 38.1 Å². The highest BCUT2D eigenvalue weighted by atomic mass is 16.5. The molecule has 104 valence electrons. The zero-order valence-corrected chi connectivity index (χ0v) is 11.8. The zero-order chi connectivity index (χ0) is 13.9. The van der Waals surface area contributed by atoms with Crippen LogP contribution in [0.1, 0.15) is 49.9 Å². The minimum atomic E-state index is 0.0437. The predicted octanol–water partition coefficient (Wildman–Crippen LogP) is 3.18. The fourth-order valence-electron chi connectivity index (χ4n) is 2.62. The molecule has 3 heteroatoms. The Kier molecular flexibility index (Phi) is 4.25. The molecule has 0 unspecified atom stereocenters. The van der Waals surface area contributed by atoms with Gasteiger partial charge in [-0.25, -0.2) is 0 Å². The third-order valence-corrected chi connectivity index (χ3v) is 3.93. The average molecular weight is 261 g/mol. The first-order valence-corrected chi connectivity index (χ1v) is 7.05. The molecule has 2 rings (SSSR count). The zero-order valence-electron chi connectivity index (χ0n) is 11.8. The molecule has 0 bridgehead atoms. The molecule has 0 spiro atoms. The van der Waals surface area contributed by atoms with Crippen LogP contribution in [0.5, 0.6) is 5.75 Å². The minimum absolute atomic E-state index is 0.0437. The molecule has 0 radical (unpaired) electrons. The molecule has 0 amide bonds. The molecular formula is C16H23NO2. The fraction of sp³-hybridized carbons (Fsp3) is 0.562. The number of carbonyl (C=O) groups excluding carboxylic acids is 1. The SMILES string of the molecule is CC(C)Oc1ccccc1C(=O)CC1(CN)CCC1. The number of hydrogen-bond donors (Lipinski definition) is 1. The standard InChI is InChI=1S/C16H23NO2/c1-12(2)19-15-7-4-3-6-13(15)14(18)10-16(11-17)8-5-9-16/h3-4,6-7,12H,5,8-11,17H2,1-2H3. The highest BCUT2D eigenvalue weighted by molar-refractivity contribution is 5.99. The van der Waals surface area contributed by atoms with Gasteiger partial charge in [0.15, 0.2) is 5.78 Å². The van der Waals surface area contributed by atoms with Crippen LogP contribution >= 0.6 is 0 Å². The first kappa shape index (κ1) is 14.1. The number of carbonyl (C=O) groups is 1. The molecule has 0 aliphatic heterocycles. The van der Waals surface area contributed by atoms with Crippen molar-refractivity contribution in [3.05, 3.63) is 29.8 Å². The Labute approximate surface area is 115 Å². The van der Waals surface area contributed by atoms with Crippen LogP contribution in [-0.2, 0) is 0 Å². The van der Waals surface area contributed by atoms with Gasteiger partial charge in [0.25, 0.3) is 0 Å². The Bertz CT molecular complexity index is 444. The molecule has 2 N–H and O–H groups in total. The summed E-state index contributed by atoms with van der Waals surface area (Å²) >= 11 is 0. The summed E-state index contributed by atoms with van der Waals surface area (Å²) in [7, 11) is 0. The van der Waals surface area contributed by atoms with Crippen molar-refractivity contribution in [2.45, 2.75) is 45.6 Å². The van der Waals surface area contributed by atoms with Gasteiger partial charge >= 0.3 is 0 Å². The molecule has 0 heterocycles. The van der Waals surface area contributed by atoms with Gasteiger partial charge in [-0.3, -0.25) is 4.79 Å². The Morgan fingerprint density at radius 3 is 2.58 bits per heavy atom. The number of Topliss-reactive ketones (excluding diaryl/α,β-unsaturated/α-hetero) is 1. The number of ketones is 1. The number of benzene rings is 1. The summed E-state index contributed by atoms with van der Waals surface area (Å²) < 4.78 is 5.71. The predicted molar refractivity (Wildman–Crippen MR) is 76.5 cm³/mol. The molecule has 1 aromatic rings. The summed E-state index contributed by atoms with van der Waals surface area (Å²) in [6, 6.07) is 7.50. The average Bonchev–Trinajstić information content (AvgIpc) is 2.33.